The molecule has 104 valence electrons. The second-order valence-electron chi connectivity index (χ2n) is 4.49. The molecule has 1 amide bonds. The molecule has 5 heteroatoms. The third-order valence-corrected chi connectivity index (χ3v) is 3.85. The van der Waals surface area contributed by atoms with E-state index in [1.54, 1.807) is 30.6 Å². The van der Waals surface area contributed by atoms with Crippen molar-refractivity contribution in [2.75, 3.05) is 5.32 Å². The number of carbonyl (C=O) groups excluding carboxylic acids is 1. The summed E-state index contributed by atoms with van der Waals surface area (Å²) in [4.78, 5) is 16.4. The van der Waals surface area contributed by atoms with Crippen LogP contribution in [0.1, 0.15) is 10.4 Å². The van der Waals surface area contributed by atoms with Crippen LogP contribution in [0.15, 0.2) is 54.9 Å². The fraction of sp³-hybridized carbons (Fsp3) is 0. The maximum Gasteiger partial charge on any atom is 0.255 e. The van der Waals surface area contributed by atoms with Crippen LogP contribution < -0.4 is 5.32 Å². The van der Waals surface area contributed by atoms with E-state index >= 15 is 0 Å². The van der Waals surface area contributed by atoms with E-state index in [1.165, 1.54) is 0 Å². The minimum atomic E-state index is -0.238. The molecule has 21 heavy (non-hydrogen) atoms. The van der Waals surface area contributed by atoms with Gasteiger partial charge in [0.05, 0.1) is 10.0 Å². The molecule has 0 aliphatic rings. The van der Waals surface area contributed by atoms with Crippen molar-refractivity contribution in [3.63, 3.8) is 0 Å². The summed E-state index contributed by atoms with van der Waals surface area (Å²) < 4.78 is 0. The molecule has 0 saturated heterocycles. The maximum atomic E-state index is 12.3. The van der Waals surface area contributed by atoms with Crippen molar-refractivity contribution in [3.05, 3.63) is 70.5 Å². The summed E-state index contributed by atoms with van der Waals surface area (Å²) >= 11 is 11.8. The fourth-order valence-corrected chi connectivity index (χ4v) is 2.36. The van der Waals surface area contributed by atoms with Gasteiger partial charge in [0.15, 0.2) is 0 Å². The number of hydrogen-bond donors (Lipinski definition) is 1. The highest BCUT2D eigenvalue weighted by Gasteiger charge is 2.10. The number of benzene rings is 2. The van der Waals surface area contributed by atoms with Gasteiger partial charge in [0.25, 0.3) is 5.91 Å². The molecule has 3 aromatic rings. The predicted molar refractivity (Wildman–Crippen MR) is 86.2 cm³/mol. The fourth-order valence-electron chi connectivity index (χ4n) is 2.06. The lowest BCUT2D eigenvalue weighted by Crippen LogP contribution is -2.12. The molecule has 3 rings (SSSR count). The van der Waals surface area contributed by atoms with E-state index in [-0.39, 0.29) is 5.91 Å². The van der Waals surface area contributed by atoms with Crippen LogP contribution in [0.25, 0.3) is 10.8 Å². The van der Waals surface area contributed by atoms with Crippen molar-refractivity contribution in [2.24, 2.45) is 0 Å². The summed E-state index contributed by atoms with van der Waals surface area (Å²) in [6.07, 6.45) is 3.45. The summed E-state index contributed by atoms with van der Waals surface area (Å²) in [7, 11) is 0. The Morgan fingerprint density at radius 3 is 2.71 bits per heavy atom. The maximum absolute atomic E-state index is 12.3. The number of nitrogens with zero attached hydrogens (tertiary/aromatic N) is 1. The highest BCUT2D eigenvalue weighted by molar-refractivity contribution is 6.42. The topological polar surface area (TPSA) is 42.0 Å². The van der Waals surface area contributed by atoms with Gasteiger partial charge in [-0.05, 0) is 30.3 Å². The Bertz CT molecular complexity index is 828. The zero-order valence-corrected chi connectivity index (χ0v) is 12.3. The van der Waals surface area contributed by atoms with Crippen LogP contribution in [0.3, 0.4) is 0 Å². The summed E-state index contributed by atoms with van der Waals surface area (Å²) in [5.41, 5.74) is 1.18. The number of fused-ring (bicyclic) bond motifs is 1. The Hall–Kier alpha value is -2.10. The van der Waals surface area contributed by atoms with E-state index in [2.05, 4.69) is 10.3 Å². The van der Waals surface area contributed by atoms with E-state index in [9.17, 15) is 4.79 Å². The first kappa shape index (κ1) is 13.9. The van der Waals surface area contributed by atoms with Crippen molar-refractivity contribution in [2.45, 2.75) is 0 Å². The Morgan fingerprint density at radius 2 is 1.90 bits per heavy atom. The minimum absolute atomic E-state index is 0.238. The van der Waals surface area contributed by atoms with Crippen LogP contribution in [0, 0.1) is 0 Å². The lowest BCUT2D eigenvalue weighted by atomic mass is 10.1. The van der Waals surface area contributed by atoms with E-state index in [4.69, 9.17) is 23.2 Å². The van der Waals surface area contributed by atoms with E-state index in [0.29, 0.717) is 15.6 Å². The Balaban J connectivity index is 1.94. The highest BCUT2D eigenvalue weighted by Crippen LogP contribution is 2.25. The summed E-state index contributed by atoms with van der Waals surface area (Å²) in [5.74, 6) is -0.238. The third kappa shape index (κ3) is 2.84. The smallest absolute Gasteiger partial charge is 0.255 e. The molecule has 2 aromatic carbocycles. The first-order valence-electron chi connectivity index (χ1n) is 6.24. The van der Waals surface area contributed by atoms with Crippen molar-refractivity contribution >= 4 is 45.6 Å². The van der Waals surface area contributed by atoms with Gasteiger partial charge in [-0.2, -0.15) is 0 Å². The van der Waals surface area contributed by atoms with Gasteiger partial charge in [-0.25, -0.2) is 0 Å². The van der Waals surface area contributed by atoms with Crippen LogP contribution in [-0.2, 0) is 0 Å². The van der Waals surface area contributed by atoms with Crippen molar-refractivity contribution in [1.82, 2.24) is 4.98 Å². The number of aromatic nitrogens is 1. The zero-order valence-electron chi connectivity index (χ0n) is 10.8. The molecule has 1 aromatic heterocycles. The molecule has 0 bridgehead atoms. The first-order chi connectivity index (χ1) is 10.1. The van der Waals surface area contributed by atoms with Gasteiger partial charge in [0, 0.05) is 34.4 Å². The van der Waals surface area contributed by atoms with Crippen LogP contribution in [-0.4, -0.2) is 10.9 Å². The second-order valence-corrected chi connectivity index (χ2v) is 5.30. The van der Waals surface area contributed by atoms with Gasteiger partial charge >= 0.3 is 0 Å². The summed E-state index contributed by atoms with van der Waals surface area (Å²) in [5, 5.41) is 5.55. The number of halogens is 2. The van der Waals surface area contributed by atoms with E-state index in [0.717, 1.165) is 16.5 Å². The van der Waals surface area contributed by atoms with E-state index in [1.807, 2.05) is 24.3 Å². The van der Waals surface area contributed by atoms with Crippen molar-refractivity contribution in [3.8, 4) is 0 Å². The highest BCUT2D eigenvalue weighted by atomic mass is 35.5. The molecule has 1 heterocycles. The average molecular weight is 317 g/mol. The van der Waals surface area contributed by atoms with Gasteiger partial charge in [-0.1, -0.05) is 35.3 Å². The van der Waals surface area contributed by atoms with Gasteiger partial charge < -0.3 is 5.32 Å². The molecule has 0 spiro atoms. The Labute approximate surface area is 131 Å². The molecule has 0 atom stereocenters. The monoisotopic (exact) mass is 316 g/mol. The van der Waals surface area contributed by atoms with Crippen molar-refractivity contribution in [1.29, 1.82) is 0 Å². The van der Waals surface area contributed by atoms with Crippen LogP contribution in [0.5, 0.6) is 0 Å². The standard InChI is InChI=1S/C16H10Cl2N2O/c17-13-5-4-10(8-14(13)18)16(21)20-15-3-1-2-11-9-19-7-6-12(11)15/h1-9H,(H,20,21). The van der Waals surface area contributed by atoms with Crippen LogP contribution >= 0.6 is 23.2 Å². The average Bonchev–Trinajstić information content (AvgIpc) is 2.50. The number of rotatable bonds is 2. The van der Waals surface area contributed by atoms with E-state index < -0.39 is 0 Å². The van der Waals surface area contributed by atoms with Crippen molar-refractivity contribution < 1.29 is 4.79 Å². The number of hydrogen-bond acceptors (Lipinski definition) is 2. The lowest BCUT2D eigenvalue weighted by molar-refractivity contribution is 0.102. The lowest BCUT2D eigenvalue weighted by Gasteiger charge is -2.09. The number of carbonyl (C=O) groups is 1. The van der Waals surface area contributed by atoms with Gasteiger partial charge in [0.2, 0.25) is 0 Å². The predicted octanol–water partition coefficient (Wildman–Crippen LogP) is 4.79. The summed E-state index contributed by atoms with van der Waals surface area (Å²) in [6.45, 7) is 0. The SMILES string of the molecule is O=C(Nc1cccc2cnccc12)c1ccc(Cl)c(Cl)c1. The zero-order chi connectivity index (χ0) is 14.8. The molecule has 0 fully saturated rings. The molecule has 0 saturated carbocycles. The number of amides is 1. The quantitative estimate of drug-likeness (QED) is 0.738. The normalized spacial score (nSPS) is 10.6. The molecule has 1 N–H and O–H groups in total. The number of pyridine rings is 1. The second kappa shape index (κ2) is 5.72. The largest absolute Gasteiger partial charge is 0.321 e. The van der Waals surface area contributed by atoms with Gasteiger partial charge in [0.1, 0.15) is 0 Å². The van der Waals surface area contributed by atoms with Crippen LogP contribution in [0.2, 0.25) is 10.0 Å². The van der Waals surface area contributed by atoms with Gasteiger partial charge in [-0.15, -0.1) is 0 Å². The minimum Gasteiger partial charge on any atom is -0.321 e. The molecular formula is C16H10Cl2N2O. The molecule has 0 aliphatic carbocycles. The molecular weight excluding hydrogens is 307 g/mol. The number of anilines is 1. The molecule has 0 aliphatic heterocycles. The molecule has 3 nitrogen and oxygen atoms in total. The number of nitrogens with one attached hydrogen (secondary N) is 1. The Morgan fingerprint density at radius 1 is 1.05 bits per heavy atom. The van der Waals surface area contributed by atoms with Crippen LogP contribution in [0.4, 0.5) is 5.69 Å². The molecule has 0 radical (unpaired) electrons. The first-order valence-corrected chi connectivity index (χ1v) is 7.00. The summed E-state index contributed by atoms with van der Waals surface area (Å²) in [6, 6.07) is 12.3. The third-order valence-electron chi connectivity index (χ3n) is 3.11. The van der Waals surface area contributed by atoms with Gasteiger partial charge in [-0.3, -0.25) is 9.78 Å². The molecule has 0 unspecified atom stereocenters. The Kier molecular flexibility index (Phi) is 3.78.